The Labute approximate surface area is 121 Å². The summed E-state index contributed by atoms with van der Waals surface area (Å²) in [6.45, 7) is 13.1. The normalized spacial score (nSPS) is 15.9. The summed E-state index contributed by atoms with van der Waals surface area (Å²) in [6, 6.07) is 0. The van der Waals surface area contributed by atoms with Gasteiger partial charge in [-0.2, -0.15) is 0 Å². The first kappa shape index (κ1) is 18.6. The van der Waals surface area contributed by atoms with Crippen molar-refractivity contribution in [2.45, 2.75) is 73.1 Å². The number of nitrogens with two attached hydrogens (primary N) is 1. The number of aliphatic imine (C=N–C) groups is 1. The molecule has 2 atom stereocenters. The highest BCUT2D eigenvalue weighted by Gasteiger charge is 2.18. The first-order valence-corrected chi connectivity index (χ1v) is 8.15. The Morgan fingerprint density at radius 2 is 1.89 bits per heavy atom. The lowest BCUT2D eigenvalue weighted by Gasteiger charge is -2.26. The van der Waals surface area contributed by atoms with Gasteiger partial charge in [0.15, 0.2) is 0 Å². The van der Waals surface area contributed by atoms with Crippen LogP contribution in [0.2, 0.25) is 0 Å². The van der Waals surface area contributed by atoms with E-state index in [4.69, 9.17) is 5.73 Å². The predicted molar refractivity (Wildman–Crippen MR) is 87.9 cm³/mol. The van der Waals surface area contributed by atoms with Gasteiger partial charge >= 0.3 is 0 Å². The summed E-state index contributed by atoms with van der Waals surface area (Å²) < 4.78 is 0. The van der Waals surface area contributed by atoms with Gasteiger partial charge in [0.25, 0.3) is 0 Å². The third-order valence-electron chi connectivity index (χ3n) is 3.97. The maximum absolute atomic E-state index is 5.78. The van der Waals surface area contributed by atoms with Gasteiger partial charge in [-0.15, -0.1) is 0 Å². The quantitative estimate of drug-likeness (QED) is 0.543. The van der Waals surface area contributed by atoms with Gasteiger partial charge in [-0.3, -0.25) is 4.99 Å². The maximum atomic E-state index is 5.78. The summed E-state index contributed by atoms with van der Waals surface area (Å²) in [5.41, 5.74) is 6.06. The van der Waals surface area contributed by atoms with Crippen LogP contribution in [0.1, 0.15) is 73.1 Å². The molecule has 0 aliphatic rings. The third kappa shape index (κ3) is 10.1. The summed E-state index contributed by atoms with van der Waals surface area (Å²) >= 11 is 0. The number of unbranched alkanes of at least 4 members (excludes halogenated alkanes) is 1. The molecule has 0 bridgehead atoms. The molecule has 2 nitrogen and oxygen atoms in total. The molecule has 0 spiro atoms. The molecule has 114 valence electrons. The molecule has 0 saturated carbocycles. The van der Waals surface area contributed by atoms with E-state index in [2.05, 4.69) is 45.8 Å². The van der Waals surface area contributed by atoms with Crippen LogP contribution in [0.15, 0.2) is 4.99 Å². The average Bonchev–Trinajstić information content (AvgIpc) is 2.37. The minimum Gasteiger partial charge on any atom is -0.330 e. The second-order valence-corrected chi connectivity index (χ2v) is 6.83. The molecule has 0 aromatic rings. The lowest BCUT2D eigenvalue weighted by atomic mass is 9.82. The molecule has 2 heteroatoms. The van der Waals surface area contributed by atoms with Crippen molar-refractivity contribution in [2.24, 2.45) is 28.0 Å². The summed E-state index contributed by atoms with van der Waals surface area (Å²) in [6.07, 6.45) is 9.72. The number of hydrogen-bond acceptors (Lipinski definition) is 2. The molecular formula is C17H36N2. The predicted octanol–water partition coefficient (Wildman–Crippen LogP) is 4.67. The Hall–Kier alpha value is -0.370. The van der Waals surface area contributed by atoms with Gasteiger partial charge in [0.2, 0.25) is 0 Å². The molecule has 19 heavy (non-hydrogen) atoms. The highest BCUT2D eigenvalue weighted by molar-refractivity contribution is 5.60. The number of hydrogen-bond donors (Lipinski definition) is 1. The van der Waals surface area contributed by atoms with Crippen LogP contribution in [-0.2, 0) is 0 Å². The van der Waals surface area contributed by atoms with Crippen LogP contribution in [0.3, 0.4) is 0 Å². The Kier molecular flexibility index (Phi) is 10.2. The first-order chi connectivity index (χ1) is 8.95. The molecule has 0 fully saturated rings. The van der Waals surface area contributed by atoms with Crippen molar-refractivity contribution in [3.63, 3.8) is 0 Å². The molecule has 0 saturated heterocycles. The van der Waals surface area contributed by atoms with Crippen LogP contribution >= 0.6 is 0 Å². The van der Waals surface area contributed by atoms with Gasteiger partial charge in [0.05, 0.1) is 0 Å². The molecule has 2 unspecified atom stereocenters. The van der Waals surface area contributed by atoms with Crippen molar-refractivity contribution in [3.8, 4) is 0 Å². The molecule has 2 N–H and O–H groups in total. The van der Waals surface area contributed by atoms with Crippen LogP contribution < -0.4 is 5.73 Å². The van der Waals surface area contributed by atoms with E-state index in [1.165, 1.54) is 38.5 Å². The molecule has 0 aromatic carbocycles. The minimum atomic E-state index is 0.274. The largest absolute Gasteiger partial charge is 0.330 e. The van der Waals surface area contributed by atoms with E-state index in [-0.39, 0.29) is 5.41 Å². The average molecular weight is 268 g/mol. The van der Waals surface area contributed by atoms with Gasteiger partial charge in [0.1, 0.15) is 0 Å². The Morgan fingerprint density at radius 3 is 2.42 bits per heavy atom. The molecule has 0 amide bonds. The molecule has 0 heterocycles. The van der Waals surface area contributed by atoms with E-state index >= 15 is 0 Å². The highest BCUT2D eigenvalue weighted by Crippen LogP contribution is 2.25. The fourth-order valence-electron chi connectivity index (χ4n) is 2.50. The summed E-state index contributed by atoms with van der Waals surface area (Å²) in [7, 11) is 0. The maximum Gasteiger partial charge on any atom is 0.0388 e. The zero-order valence-electron chi connectivity index (χ0n) is 13.9. The third-order valence-corrected chi connectivity index (χ3v) is 3.97. The summed E-state index contributed by atoms with van der Waals surface area (Å²) in [4.78, 5) is 4.64. The molecular weight excluding hydrogens is 232 g/mol. The molecule has 0 radical (unpaired) electrons. The van der Waals surface area contributed by atoms with Crippen molar-refractivity contribution in [1.29, 1.82) is 0 Å². The van der Waals surface area contributed by atoms with Crippen LogP contribution in [0.5, 0.6) is 0 Å². The van der Waals surface area contributed by atoms with E-state index in [0.717, 1.165) is 13.1 Å². The van der Waals surface area contributed by atoms with E-state index in [1.807, 2.05) is 0 Å². The zero-order valence-corrected chi connectivity index (χ0v) is 13.9. The SMILES string of the molecule is CCCCC(C=NCCC(C)CC(C)(C)CN)CC. The smallest absolute Gasteiger partial charge is 0.0388 e. The van der Waals surface area contributed by atoms with E-state index in [1.54, 1.807) is 0 Å². The topological polar surface area (TPSA) is 38.4 Å². The van der Waals surface area contributed by atoms with Crippen LogP contribution in [-0.4, -0.2) is 19.3 Å². The molecule has 0 aromatic heterocycles. The number of nitrogens with zero attached hydrogens (tertiary/aromatic N) is 1. The van der Waals surface area contributed by atoms with Crippen LogP contribution in [0, 0.1) is 17.3 Å². The van der Waals surface area contributed by atoms with Crippen molar-refractivity contribution < 1.29 is 0 Å². The van der Waals surface area contributed by atoms with Gasteiger partial charge in [-0.05, 0) is 49.5 Å². The minimum absolute atomic E-state index is 0.274. The molecule has 0 aliphatic heterocycles. The van der Waals surface area contributed by atoms with Crippen LogP contribution in [0.4, 0.5) is 0 Å². The lowest BCUT2D eigenvalue weighted by molar-refractivity contribution is 0.279. The summed E-state index contributed by atoms with van der Waals surface area (Å²) in [5, 5.41) is 0. The van der Waals surface area contributed by atoms with E-state index in [9.17, 15) is 0 Å². The van der Waals surface area contributed by atoms with Gasteiger partial charge in [-0.25, -0.2) is 0 Å². The Balaban J connectivity index is 3.87. The van der Waals surface area contributed by atoms with E-state index < -0.39 is 0 Å². The monoisotopic (exact) mass is 268 g/mol. The second-order valence-electron chi connectivity index (χ2n) is 6.83. The van der Waals surface area contributed by atoms with Crippen molar-refractivity contribution >= 4 is 6.21 Å². The Bertz CT molecular complexity index is 233. The second kappa shape index (κ2) is 10.4. The lowest BCUT2D eigenvalue weighted by Crippen LogP contribution is -2.26. The van der Waals surface area contributed by atoms with Crippen LogP contribution in [0.25, 0.3) is 0 Å². The molecule has 0 aliphatic carbocycles. The zero-order chi connectivity index (χ0) is 14.7. The van der Waals surface area contributed by atoms with Gasteiger partial charge in [-0.1, -0.05) is 47.5 Å². The van der Waals surface area contributed by atoms with Crippen molar-refractivity contribution in [3.05, 3.63) is 0 Å². The first-order valence-electron chi connectivity index (χ1n) is 8.15. The fourth-order valence-corrected chi connectivity index (χ4v) is 2.50. The van der Waals surface area contributed by atoms with Crippen molar-refractivity contribution in [2.75, 3.05) is 13.1 Å². The fraction of sp³-hybridized carbons (Fsp3) is 0.941. The molecule has 0 rings (SSSR count). The van der Waals surface area contributed by atoms with Crippen molar-refractivity contribution in [1.82, 2.24) is 0 Å². The van der Waals surface area contributed by atoms with Gasteiger partial charge in [0, 0.05) is 12.8 Å². The standard InChI is InChI=1S/C17H36N2/c1-6-8-9-16(7-2)13-19-11-10-15(3)12-17(4,5)14-18/h13,15-16H,6-12,14,18H2,1-5H3. The number of rotatable bonds is 11. The summed E-state index contributed by atoms with van der Waals surface area (Å²) in [5.74, 6) is 1.40. The van der Waals surface area contributed by atoms with Gasteiger partial charge < -0.3 is 5.73 Å². The van der Waals surface area contributed by atoms with E-state index in [0.29, 0.717) is 11.8 Å². The highest BCUT2D eigenvalue weighted by atomic mass is 14.7. The Morgan fingerprint density at radius 1 is 1.21 bits per heavy atom.